The van der Waals surface area contributed by atoms with Crippen molar-refractivity contribution in [1.82, 2.24) is 0 Å². The number of ether oxygens (including phenoxy) is 1. The Morgan fingerprint density at radius 2 is 2.00 bits per heavy atom. The number of carboxylic acid groups (broad SMARTS) is 1. The van der Waals surface area contributed by atoms with Crippen LogP contribution in [-0.4, -0.2) is 37.1 Å². The van der Waals surface area contributed by atoms with E-state index in [1.807, 2.05) is 0 Å². The van der Waals surface area contributed by atoms with E-state index in [4.69, 9.17) is 9.66 Å². The van der Waals surface area contributed by atoms with E-state index >= 15 is 0 Å². The van der Waals surface area contributed by atoms with Crippen molar-refractivity contribution in [2.45, 2.75) is 4.90 Å². The first kappa shape index (κ1) is 12.6. The van der Waals surface area contributed by atoms with Gasteiger partial charge in [0, 0.05) is 0 Å². The molecule has 0 aliphatic rings. The van der Waals surface area contributed by atoms with Gasteiger partial charge in [-0.15, -0.1) is 11.3 Å². The molecule has 0 saturated heterocycles. The van der Waals surface area contributed by atoms with Gasteiger partial charge in [-0.25, -0.2) is 9.59 Å². The molecule has 0 aliphatic heterocycles. The Morgan fingerprint density at radius 3 is 2.38 bits per heavy atom. The summed E-state index contributed by atoms with van der Waals surface area (Å²) in [4.78, 5) is 20.1. The number of carbonyl (C=O) groups is 2. The summed E-state index contributed by atoms with van der Waals surface area (Å²) < 4.78 is 34.8. The van der Waals surface area contributed by atoms with Crippen LogP contribution in [0.3, 0.4) is 0 Å². The minimum absolute atomic E-state index is 0.381. The van der Waals surface area contributed by atoms with Gasteiger partial charge in [0.05, 0.1) is 7.11 Å². The zero-order valence-electron chi connectivity index (χ0n) is 7.83. The lowest BCUT2D eigenvalue weighted by atomic mass is 10.4. The van der Waals surface area contributed by atoms with Crippen molar-refractivity contribution in [3.63, 3.8) is 0 Å². The lowest BCUT2D eigenvalue weighted by molar-refractivity contribution is 0.0601. The van der Waals surface area contributed by atoms with E-state index in [2.05, 4.69) is 4.74 Å². The maximum atomic E-state index is 11.1. The number of thiophene rings is 1. The highest BCUT2D eigenvalue weighted by atomic mass is 32.2. The molecule has 0 aliphatic carbocycles. The first-order valence-electron chi connectivity index (χ1n) is 3.70. The van der Waals surface area contributed by atoms with Crippen LogP contribution in [0.1, 0.15) is 19.3 Å². The molecule has 7 nitrogen and oxygen atoms in total. The molecule has 0 aromatic carbocycles. The minimum atomic E-state index is -4.66. The van der Waals surface area contributed by atoms with Crippen LogP contribution in [0.25, 0.3) is 0 Å². The lowest BCUT2D eigenvalue weighted by Gasteiger charge is -1.97. The molecule has 0 fully saturated rings. The van der Waals surface area contributed by atoms with Gasteiger partial charge in [-0.2, -0.15) is 8.42 Å². The molecule has 1 rings (SSSR count). The van der Waals surface area contributed by atoms with E-state index in [-0.39, 0.29) is 4.88 Å². The molecule has 9 heteroatoms. The average molecular weight is 266 g/mol. The number of methoxy groups -OCH3 is 1. The molecule has 0 radical (unpaired) electrons. The molecule has 0 spiro atoms. The van der Waals surface area contributed by atoms with Crippen LogP contribution >= 0.6 is 11.3 Å². The van der Waals surface area contributed by atoms with Gasteiger partial charge < -0.3 is 9.84 Å². The van der Waals surface area contributed by atoms with Crippen molar-refractivity contribution < 1.29 is 32.4 Å². The van der Waals surface area contributed by atoms with Crippen LogP contribution in [0.4, 0.5) is 0 Å². The standard InChI is InChI=1S/C7H6O7S2/c1-14-7(10)5-4(16(11,12)13)2-3(15-5)6(8)9/h2H,1H3,(H,8,9)(H,11,12,13). The number of carboxylic acids is 1. The Labute approximate surface area is 94.0 Å². The van der Waals surface area contributed by atoms with Gasteiger partial charge in [0.1, 0.15) is 14.6 Å². The monoisotopic (exact) mass is 266 g/mol. The maximum absolute atomic E-state index is 11.1. The third-order valence-electron chi connectivity index (χ3n) is 1.56. The summed E-state index contributed by atoms with van der Waals surface area (Å²) in [6.07, 6.45) is 0. The molecular weight excluding hydrogens is 260 g/mol. The topological polar surface area (TPSA) is 118 Å². The van der Waals surface area contributed by atoms with Crippen LogP contribution < -0.4 is 0 Å². The molecule has 2 N–H and O–H groups in total. The van der Waals surface area contributed by atoms with Crippen LogP contribution in [-0.2, 0) is 14.9 Å². The fraction of sp³-hybridized carbons (Fsp3) is 0.143. The molecule has 0 amide bonds. The number of aromatic carboxylic acids is 1. The largest absolute Gasteiger partial charge is 0.477 e. The van der Waals surface area contributed by atoms with Crippen LogP contribution in [0.15, 0.2) is 11.0 Å². The number of rotatable bonds is 3. The molecule has 1 aromatic heterocycles. The van der Waals surface area contributed by atoms with Gasteiger partial charge in [-0.3, -0.25) is 4.55 Å². The zero-order valence-corrected chi connectivity index (χ0v) is 9.46. The second-order valence-corrected chi connectivity index (χ2v) is 5.02. The highest BCUT2D eigenvalue weighted by Gasteiger charge is 2.27. The van der Waals surface area contributed by atoms with Crippen molar-refractivity contribution in [1.29, 1.82) is 0 Å². The van der Waals surface area contributed by atoms with E-state index in [1.54, 1.807) is 0 Å². The van der Waals surface area contributed by atoms with Crippen LogP contribution in [0.2, 0.25) is 0 Å². The van der Waals surface area contributed by atoms with E-state index in [0.717, 1.165) is 7.11 Å². The predicted molar refractivity (Wildman–Crippen MR) is 52.4 cm³/mol. The van der Waals surface area contributed by atoms with Gasteiger partial charge in [0.25, 0.3) is 10.1 Å². The highest BCUT2D eigenvalue weighted by molar-refractivity contribution is 7.86. The van der Waals surface area contributed by atoms with Crippen molar-refractivity contribution in [3.8, 4) is 0 Å². The van der Waals surface area contributed by atoms with Gasteiger partial charge in [-0.05, 0) is 6.07 Å². The molecule has 1 aromatic rings. The van der Waals surface area contributed by atoms with Crippen molar-refractivity contribution in [2.24, 2.45) is 0 Å². The summed E-state index contributed by atoms with van der Waals surface area (Å²) in [5, 5.41) is 8.62. The van der Waals surface area contributed by atoms with Crippen molar-refractivity contribution >= 4 is 33.4 Å². The van der Waals surface area contributed by atoms with Gasteiger partial charge in [-0.1, -0.05) is 0 Å². The Morgan fingerprint density at radius 1 is 1.44 bits per heavy atom. The fourth-order valence-corrected chi connectivity index (χ4v) is 2.82. The highest BCUT2D eigenvalue weighted by Crippen LogP contribution is 2.27. The molecule has 0 unspecified atom stereocenters. The molecule has 1 heterocycles. The number of esters is 1. The zero-order chi connectivity index (χ0) is 12.5. The molecule has 0 atom stereocenters. The Kier molecular flexibility index (Phi) is 3.31. The molecule has 16 heavy (non-hydrogen) atoms. The minimum Gasteiger partial charge on any atom is -0.477 e. The Bertz CT molecular complexity index is 539. The van der Waals surface area contributed by atoms with Gasteiger partial charge in [0.2, 0.25) is 0 Å². The molecular formula is C7H6O7S2. The Balaban J connectivity index is 3.47. The van der Waals surface area contributed by atoms with E-state index in [0.29, 0.717) is 17.4 Å². The summed E-state index contributed by atoms with van der Waals surface area (Å²) in [6.45, 7) is 0. The Hall–Kier alpha value is -1.45. The molecule has 0 saturated carbocycles. The van der Waals surface area contributed by atoms with Crippen LogP contribution in [0, 0.1) is 0 Å². The van der Waals surface area contributed by atoms with Crippen molar-refractivity contribution in [3.05, 3.63) is 15.8 Å². The third kappa shape index (κ3) is 2.38. The van der Waals surface area contributed by atoms with Crippen LogP contribution in [0.5, 0.6) is 0 Å². The summed E-state index contributed by atoms with van der Waals surface area (Å²) in [6, 6.07) is 0.703. The summed E-state index contributed by atoms with van der Waals surface area (Å²) in [5.41, 5.74) is 0. The summed E-state index contributed by atoms with van der Waals surface area (Å²) in [5.74, 6) is -2.42. The first-order valence-corrected chi connectivity index (χ1v) is 5.96. The number of carbonyl (C=O) groups excluding carboxylic acids is 1. The fourth-order valence-electron chi connectivity index (χ4n) is 0.906. The van der Waals surface area contributed by atoms with E-state index in [1.165, 1.54) is 0 Å². The lowest BCUT2D eigenvalue weighted by Crippen LogP contribution is -2.06. The molecule has 0 bridgehead atoms. The van der Waals surface area contributed by atoms with Crippen molar-refractivity contribution in [2.75, 3.05) is 7.11 Å². The number of hydrogen-bond acceptors (Lipinski definition) is 6. The predicted octanol–water partition coefficient (Wildman–Crippen LogP) is 0.480. The smallest absolute Gasteiger partial charge is 0.349 e. The average Bonchev–Trinajstić information content (AvgIpc) is 2.60. The summed E-state index contributed by atoms with van der Waals surface area (Å²) in [7, 11) is -3.64. The second-order valence-electron chi connectivity index (χ2n) is 2.58. The second kappa shape index (κ2) is 4.20. The SMILES string of the molecule is COC(=O)c1sc(C(=O)O)cc1S(=O)(=O)O. The first-order chi connectivity index (χ1) is 7.27. The normalized spacial score (nSPS) is 11.1. The van der Waals surface area contributed by atoms with Gasteiger partial charge >= 0.3 is 11.9 Å². The van der Waals surface area contributed by atoms with E-state index < -0.39 is 31.8 Å². The summed E-state index contributed by atoms with van der Waals surface area (Å²) >= 11 is 0.414. The van der Waals surface area contributed by atoms with Gasteiger partial charge in [0.15, 0.2) is 0 Å². The molecule has 88 valence electrons. The van der Waals surface area contributed by atoms with E-state index in [9.17, 15) is 18.0 Å². The third-order valence-corrected chi connectivity index (χ3v) is 3.67. The quantitative estimate of drug-likeness (QED) is 0.603. The maximum Gasteiger partial charge on any atom is 0.349 e. The number of hydrogen-bond donors (Lipinski definition) is 2.